The van der Waals surface area contributed by atoms with Crippen molar-refractivity contribution in [3.05, 3.63) is 32.9 Å². The molecule has 0 amide bonds. The van der Waals surface area contributed by atoms with Gasteiger partial charge in [0.1, 0.15) is 6.10 Å². The standard InChI is InChI=1S/C8H6FIO/c9-7-4-2-1-3-5(10)6(4)8(7)11/h1-3,7-8,11H. The van der Waals surface area contributed by atoms with E-state index in [4.69, 9.17) is 5.11 Å². The zero-order chi connectivity index (χ0) is 8.01. The first-order chi connectivity index (χ1) is 5.22. The first-order valence-corrected chi connectivity index (χ1v) is 4.40. The van der Waals surface area contributed by atoms with Crippen LogP contribution < -0.4 is 0 Å². The Kier molecular flexibility index (Phi) is 1.64. The minimum Gasteiger partial charge on any atom is -0.385 e. The molecule has 1 aromatic carbocycles. The molecule has 1 nitrogen and oxygen atoms in total. The van der Waals surface area contributed by atoms with Crippen molar-refractivity contribution in [2.24, 2.45) is 0 Å². The van der Waals surface area contributed by atoms with Crippen molar-refractivity contribution in [2.75, 3.05) is 0 Å². The fraction of sp³-hybridized carbons (Fsp3) is 0.250. The van der Waals surface area contributed by atoms with Crippen molar-refractivity contribution in [3.8, 4) is 0 Å². The third-order valence-electron chi connectivity index (χ3n) is 1.96. The minimum atomic E-state index is -1.17. The molecule has 0 aromatic heterocycles. The summed E-state index contributed by atoms with van der Waals surface area (Å²) in [5.41, 5.74) is 1.41. The van der Waals surface area contributed by atoms with E-state index in [1.165, 1.54) is 0 Å². The van der Waals surface area contributed by atoms with Crippen LogP contribution in [0.5, 0.6) is 0 Å². The lowest BCUT2D eigenvalue weighted by Gasteiger charge is -2.30. The highest BCUT2D eigenvalue weighted by atomic mass is 127. The van der Waals surface area contributed by atoms with Crippen LogP contribution in [0.1, 0.15) is 23.4 Å². The molecule has 58 valence electrons. The van der Waals surface area contributed by atoms with Gasteiger partial charge >= 0.3 is 0 Å². The van der Waals surface area contributed by atoms with E-state index >= 15 is 0 Å². The van der Waals surface area contributed by atoms with Gasteiger partial charge in [0.2, 0.25) is 0 Å². The molecule has 2 rings (SSSR count). The Morgan fingerprint density at radius 3 is 2.82 bits per heavy atom. The first kappa shape index (κ1) is 7.49. The lowest BCUT2D eigenvalue weighted by Crippen LogP contribution is -2.21. The summed E-state index contributed by atoms with van der Waals surface area (Å²) in [4.78, 5) is 0. The number of halogens is 2. The topological polar surface area (TPSA) is 20.2 Å². The number of aliphatic hydroxyl groups is 1. The van der Waals surface area contributed by atoms with Gasteiger partial charge in [0, 0.05) is 9.13 Å². The molecule has 1 N–H and O–H groups in total. The molecule has 3 heteroatoms. The molecule has 2 atom stereocenters. The highest BCUT2D eigenvalue weighted by Gasteiger charge is 2.37. The zero-order valence-corrected chi connectivity index (χ0v) is 7.75. The Hall–Kier alpha value is -0.160. The maximum Gasteiger partial charge on any atom is 0.156 e. The fourth-order valence-corrected chi connectivity index (χ4v) is 2.16. The third kappa shape index (κ3) is 0.906. The number of rotatable bonds is 0. The Morgan fingerprint density at radius 2 is 2.18 bits per heavy atom. The second-order valence-corrected chi connectivity index (χ2v) is 3.75. The largest absolute Gasteiger partial charge is 0.385 e. The highest BCUT2D eigenvalue weighted by Crippen LogP contribution is 2.47. The number of fused-ring (bicyclic) bond motifs is 1. The van der Waals surface area contributed by atoms with Gasteiger partial charge in [0.15, 0.2) is 6.17 Å². The molecular formula is C8H6FIO. The molecule has 0 aliphatic heterocycles. The lowest BCUT2D eigenvalue weighted by molar-refractivity contribution is 0.0445. The quantitative estimate of drug-likeness (QED) is 0.713. The lowest BCUT2D eigenvalue weighted by atomic mass is 9.84. The molecule has 1 aliphatic rings. The average Bonchev–Trinajstić information content (AvgIpc) is 2.03. The summed E-state index contributed by atoms with van der Waals surface area (Å²) in [5, 5.41) is 9.17. The van der Waals surface area contributed by atoms with Crippen LogP contribution in [0.25, 0.3) is 0 Å². The number of alkyl halides is 1. The van der Waals surface area contributed by atoms with Crippen molar-refractivity contribution in [1.29, 1.82) is 0 Å². The van der Waals surface area contributed by atoms with Gasteiger partial charge in [-0.25, -0.2) is 4.39 Å². The van der Waals surface area contributed by atoms with Crippen LogP contribution in [0.2, 0.25) is 0 Å². The van der Waals surface area contributed by atoms with E-state index in [2.05, 4.69) is 22.6 Å². The van der Waals surface area contributed by atoms with Crippen LogP contribution in [0.3, 0.4) is 0 Å². The first-order valence-electron chi connectivity index (χ1n) is 3.32. The van der Waals surface area contributed by atoms with Gasteiger partial charge in [-0.1, -0.05) is 12.1 Å². The monoisotopic (exact) mass is 264 g/mol. The van der Waals surface area contributed by atoms with Crippen LogP contribution in [0, 0.1) is 3.57 Å². The number of benzene rings is 1. The van der Waals surface area contributed by atoms with Gasteiger partial charge in [0.25, 0.3) is 0 Å². The maximum atomic E-state index is 12.8. The van der Waals surface area contributed by atoms with Gasteiger partial charge in [-0.2, -0.15) is 0 Å². The van der Waals surface area contributed by atoms with Crippen molar-refractivity contribution in [1.82, 2.24) is 0 Å². The second-order valence-electron chi connectivity index (χ2n) is 2.59. The van der Waals surface area contributed by atoms with Crippen molar-refractivity contribution < 1.29 is 9.50 Å². The normalized spacial score (nSPS) is 27.5. The zero-order valence-electron chi connectivity index (χ0n) is 5.59. The molecule has 1 aliphatic carbocycles. The summed E-state index contributed by atoms with van der Waals surface area (Å²) in [6.45, 7) is 0. The van der Waals surface area contributed by atoms with E-state index in [0.29, 0.717) is 5.56 Å². The van der Waals surface area contributed by atoms with Crippen LogP contribution in [-0.2, 0) is 0 Å². The molecule has 0 saturated carbocycles. The number of aliphatic hydroxyl groups excluding tert-OH is 1. The molecule has 11 heavy (non-hydrogen) atoms. The summed E-state index contributed by atoms with van der Waals surface area (Å²) in [5.74, 6) is 0. The minimum absolute atomic E-state index is 0.643. The van der Waals surface area contributed by atoms with Crippen LogP contribution >= 0.6 is 22.6 Å². The number of hydrogen-bond donors (Lipinski definition) is 1. The molecule has 0 spiro atoms. The third-order valence-corrected chi connectivity index (χ3v) is 2.90. The van der Waals surface area contributed by atoms with Gasteiger partial charge in [-0.05, 0) is 34.2 Å². The van der Waals surface area contributed by atoms with Gasteiger partial charge < -0.3 is 5.11 Å². The Balaban J connectivity index is 2.57. The van der Waals surface area contributed by atoms with E-state index in [-0.39, 0.29) is 0 Å². The molecule has 0 bridgehead atoms. The van der Waals surface area contributed by atoms with Crippen molar-refractivity contribution >= 4 is 22.6 Å². The van der Waals surface area contributed by atoms with Crippen molar-refractivity contribution in [2.45, 2.75) is 12.3 Å². The maximum absolute atomic E-state index is 12.8. The predicted octanol–water partition coefficient (Wildman–Crippen LogP) is 2.35. The summed E-state index contributed by atoms with van der Waals surface area (Å²) < 4.78 is 13.8. The molecule has 0 fully saturated rings. The summed E-state index contributed by atoms with van der Waals surface area (Å²) in [6, 6.07) is 5.39. The van der Waals surface area contributed by atoms with Crippen LogP contribution in [-0.4, -0.2) is 5.11 Å². The molecule has 0 heterocycles. The van der Waals surface area contributed by atoms with E-state index in [9.17, 15) is 4.39 Å². The van der Waals surface area contributed by atoms with E-state index in [0.717, 1.165) is 9.13 Å². The molecule has 0 radical (unpaired) electrons. The van der Waals surface area contributed by atoms with E-state index in [1.54, 1.807) is 12.1 Å². The highest BCUT2D eigenvalue weighted by molar-refractivity contribution is 14.1. The Bertz CT molecular complexity index is 300. The molecular weight excluding hydrogens is 258 g/mol. The average molecular weight is 264 g/mol. The smallest absolute Gasteiger partial charge is 0.156 e. The van der Waals surface area contributed by atoms with Crippen LogP contribution in [0.15, 0.2) is 18.2 Å². The number of hydrogen-bond acceptors (Lipinski definition) is 1. The van der Waals surface area contributed by atoms with E-state index < -0.39 is 12.3 Å². The van der Waals surface area contributed by atoms with E-state index in [1.807, 2.05) is 6.07 Å². The summed E-state index contributed by atoms with van der Waals surface area (Å²) in [7, 11) is 0. The predicted molar refractivity (Wildman–Crippen MR) is 48.0 cm³/mol. The Morgan fingerprint density at radius 1 is 1.45 bits per heavy atom. The molecule has 0 saturated heterocycles. The van der Waals surface area contributed by atoms with Crippen LogP contribution in [0.4, 0.5) is 4.39 Å². The molecule has 2 unspecified atom stereocenters. The SMILES string of the molecule is OC1c2c(I)cccc2C1F. The Labute approximate surface area is 77.4 Å². The van der Waals surface area contributed by atoms with Gasteiger partial charge in [0.05, 0.1) is 0 Å². The summed E-state index contributed by atoms with van der Waals surface area (Å²) >= 11 is 2.10. The second kappa shape index (κ2) is 2.42. The molecule has 1 aromatic rings. The summed E-state index contributed by atoms with van der Waals surface area (Å²) in [6.07, 6.45) is -2.06. The fourth-order valence-electron chi connectivity index (χ4n) is 1.33. The van der Waals surface area contributed by atoms with Crippen molar-refractivity contribution in [3.63, 3.8) is 0 Å². The van der Waals surface area contributed by atoms with Gasteiger partial charge in [-0.3, -0.25) is 0 Å². The van der Waals surface area contributed by atoms with Gasteiger partial charge in [-0.15, -0.1) is 0 Å².